The van der Waals surface area contributed by atoms with Crippen LogP contribution in [0.5, 0.6) is 23.0 Å². The van der Waals surface area contributed by atoms with Crippen molar-refractivity contribution in [3.8, 4) is 23.0 Å². The molecule has 0 N–H and O–H groups in total. The van der Waals surface area contributed by atoms with Gasteiger partial charge in [0, 0.05) is 0 Å². The van der Waals surface area contributed by atoms with E-state index >= 15 is 0 Å². The Morgan fingerprint density at radius 1 is 0.633 bits per heavy atom. The van der Waals surface area contributed by atoms with Gasteiger partial charge in [-0.15, -0.1) is 0 Å². The maximum absolute atomic E-state index is 13.3. The monoisotopic (exact) mass is 523 g/mol. The van der Waals surface area contributed by atoms with E-state index in [1.807, 2.05) is 66.7 Å². The van der Waals surface area contributed by atoms with Gasteiger partial charge < -0.3 is 0 Å². The summed E-state index contributed by atoms with van der Waals surface area (Å²) < 4.78 is 25.0. The molecule has 0 spiro atoms. The molecule has 0 radical (unpaired) electrons. The molecular weight excluding hydrogens is 496 g/mol. The summed E-state index contributed by atoms with van der Waals surface area (Å²) in [6.45, 7) is 0. The number of carbonyl (C=O) groups excluding carboxylic acids is 1. The summed E-state index contributed by atoms with van der Waals surface area (Å²) in [5.74, 6) is 2.91. The third-order valence-corrected chi connectivity index (χ3v) is 11.3. The standard InChI is InChI=1S/C24H25O5Te/c1-26-19-12-8-13-20(27-2)23(19)30(16-18(25)17-10-6-5-7-11-17)24-21(28-3)14-9-15-22(24)29-4/h5-15H,16H2,1-4H3/q+1. The molecule has 0 atom stereocenters. The number of hydrogen-bond donors (Lipinski definition) is 0. The van der Waals surface area contributed by atoms with E-state index in [4.69, 9.17) is 18.9 Å². The molecule has 3 aromatic carbocycles. The van der Waals surface area contributed by atoms with Crippen LogP contribution in [0, 0.1) is 0 Å². The normalized spacial score (nSPS) is 10.6. The fourth-order valence-corrected chi connectivity index (χ4v) is 10.3. The SMILES string of the molecule is COc1cccc(OC)c1[Te+](CC(=O)c1ccccc1)c1c(OC)cccc1OC. The second-order valence-corrected chi connectivity index (χ2v) is 11.7. The molecule has 0 aromatic heterocycles. The van der Waals surface area contributed by atoms with Crippen LogP contribution in [0.2, 0.25) is 4.47 Å². The molecule has 0 saturated heterocycles. The predicted molar refractivity (Wildman–Crippen MR) is 120 cm³/mol. The van der Waals surface area contributed by atoms with Crippen molar-refractivity contribution in [2.45, 2.75) is 4.47 Å². The van der Waals surface area contributed by atoms with E-state index in [0.717, 1.165) is 7.22 Å². The van der Waals surface area contributed by atoms with Gasteiger partial charge >= 0.3 is 184 Å². The summed E-state index contributed by atoms with van der Waals surface area (Å²) in [7, 11) is 6.53. The van der Waals surface area contributed by atoms with Crippen molar-refractivity contribution in [2.75, 3.05) is 28.4 Å². The molecular formula is C24H25O5Te+. The Balaban J connectivity index is 2.23. The number of hydrogen-bond acceptors (Lipinski definition) is 5. The molecule has 30 heavy (non-hydrogen) atoms. The Bertz CT molecular complexity index is 904. The Hall–Kier alpha value is -2.68. The predicted octanol–water partition coefficient (Wildman–Crippen LogP) is 3.21. The van der Waals surface area contributed by atoms with E-state index in [9.17, 15) is 4.79 Å². The molecule has 0 heterocycles. The molecule has 0 aliphatic carbocycles. The summed E-state index contributed by atoms with van der Waals surface area (Å²) in [5.41, 5.74) is 0.686. The Labute approximate surface area is 184 Å². The van der Waals surface area contributed by atoms with Crippen molar-refractivity contribution in [2.24, 2.45) is 0 Å². The molecule has 0 aliphatic rings. The van der Waals surface area contributed by atoms with E-state index in [1.165, 1.54) is 0 Å². The van der Waals surface area contributed by atoms with Crippen molar-refractivity contribution < 1.29 is 23.7 Å². The van der Waals surface area contributed by atoms with E-state index in [2.05, 4.69) is 0 Å². The van der Waals surface area contributed by atoms with Gasteiger partial charge in [-0.05, 0) is 0 Å². The van der Waals surface area contributed by atoms with Crippen LogP contribution in [0.1, 0.15) is 10.4 Å². The topological polar surface area (TPSA) is 54.0 Å². The second-order valence-electron chi connectivity index (χ2n) is 6.31. The Kier molecular flexibility index (Phi) is 7.62. The molecule has 3 rings (SSSR count). The zero-order valence-electron chi connectivity index (χ0n) is 17.5. The molecule has 0 aliphatic heterocycles. The maximum atomic E-state index is 13.3. The fraction of sp³-hybridized carbons (Fsp3) is 0.208. The first kappa shape index (κ1) is 22.0. The van der Waals surface area contributed by atoms with Crippen molar-refractivity contribution >= 4 is 32.6 Å². The van der Waals surface area contributed by atoms with Crippen LogP contribution in [-0.2, 0) is 0 Å². The van der Waals surface area contributed by atoms with Gasteiger partial charge in [0.15, 0.2) is 0 Å². The summed E-state index contributed by atoms with van der Waals surface area (Å²) >= 11 is -2.67. The van der Waals surface area contributed by atoms with E-state index in [1.54, 1.807) is 28.4 Å². The number of ether oxygens (including phenoxy) is 4. The summed E-state index contributed by atoms with van der Waals surface area (Å²) in [6, 6.07) is 20.7. The van der Waals surface area contributed by atoms with E-state index in [-0.39, 0.29) is 5.78 Å². The number of carbonyl (C=O) groups is 1. The van der Waals surface area contributed by atoms with Crippen LogP contribution >= 0.6 is 0 Å². The average Bonchev–Trinajstić information content (AvgIpc) is 2.81. The third kappa shape index (κ3) is 4.56. The fourth-order valence-electron chi connectivity index (χ4n) is 3.20. The summed E-state index contributed by atoms with van der Waals surface area (Å²) in [6.07, 6.45) is 0. The van der Waals surface area contributed by atoms with E-state index in [0.29, 0.717) is 33.0 Å². The molecule has 0 amide bonds. The molecule has 156 valence electrons. The van der Waals surface area contributed by atoms with Gasteiger partial charge in [-0.3, -0.25) is 0 Å². The van der Waals surface area contributed by atoms with Crippen molar-refractivity contribution in [3.05, 3.63) is 72.3 Å². The average molecular weight is 521 g/mol. The van der Waals surface area contributed by atoms with Crippen LogP contribution < -0.4 is 26.2 Å². The van der Waals surface area contributed by atoms with Gasteiger partial charge in [-0.25, -0.2) is 0 Å². The summed E-state index contributed by atoms with van der Waals surface area (Å²) in [4.78, 5) is 13.3. The molecule has 3 aromatic rings. The minimum atomic E-state index is -2.67. The molecule has 5 nitrogen and oxygen atoms in total. The minimum absolute atomic E-state index is 0.0770. The summed E-state index contributed by atoms with van der Waals surface area (Å²) in [5, 5.41) is 0. The van der Waals surface area contributed by atoms with Gasteiger partial charge in [-0.1, -0.05) is 0 Å². The van der Waals surface area contributed by atoms with Crippen LogP contribution in [0.15, 0.2) is 66.7 Å². The van der Waals surface area contributed by atoms with Crippen molar-refractivity contribution in [3.63, 3.8) is 0 Å². The van der Waals surface area contributed by atoms with Gasteiger partial charge in [-0.2, -0.15) is 0 Å². The van der Waals surface area contributed by atoms with Crippen LogP contribution in [-0.4, -0.2) is 53.8 Å². The molecule has 0 fully saturated rings. The van der Waals surface area contributed by atoms with E-state index < -0.39 is 19.6 Å². The number of rotatable bonds is 9. The number of benzene rings is 3. The van der Waals surface area contributed by atoms with Crippen LogP contribution in [0.3, 0.4) is 0 Å². The molecule has 0 bridgehead atoms. The molecule has 6 heteroatoms. The molecule has 0 saturated carbocycles. The Morgan fingerprint density at radius 2 is 1.03 bits per heavy atom. The first-order chi connectivity index (χ1) is 14.6. The van der Waals surface area contributed by atoms with Gasteiger partial charge in [0.1, 0.15) is 0 Å². The first-order valence-electron chi connectivity index (χ1n) is 9.35. The molecule has 0 unspecified atom stereocenters. The second kappa shape index (κ2) is 10.4. The quantitative estimate of drug-likeness (QED) is 0.320. The third-order valence-electron chi connectivity index (χ3n) is 4.63. The zero-order valence-corrected chi connectivity index (χ0v) is 19.8. The van der Waals surface area contributed by atoms with Gasteiger partial charge in [0.2, 0.25) is 0 Å². The van der Waals surface area contributed by atoms with Gasteiger partial charge in [0.05, 0.1) is 0 Å². The van der Waals surface area contributed by atoms with Crippen molar-refractivity contribution in [1.82, 2.24) is 0 Å². The van der Waals surface area contributed by atoms with Crippen molar-refractivity contribution in [1.29, 1.82) is 0 Å². The zero-order chi connectivity index (χ0) is 21.5. The number of Topliss-reactive ketones (excluding diaryl/α,β-unsaturated/α-hetero) is 1. The Morgan fingerprint density at radius 3 is 1.40 bits per heavy atom. The van der Waals surface area contributed by atoms with Crippen LogP contribution in [0.4, 0.5) is 0 Å². The van der Waals surface area contributed by atoms with Gasteiger partial charge in [0.25, 0.3) is 0 Å². The number of methoxy groups -OCH3 is 4. The number of ketones is 1. The first-order valence-corrected chi connectivity index (χ1v) is 13.3. The van der Waals surface area contributed by atoms with Crippen LogP contribution in [0.25, 0.3) is 0 Å².